The molecule has 0 amide bonds. The van der Waals surface area contributed by atoms with E-state index >= 15 is 0 Å². The molecule has 0 fully saturated rings. The standard InChI is InChI=1S/C11H13NO/c1-4-12-10(8-9(2)3)11-6-5-7-13-11/h4-8H,2H2,1,3H3/b10-8-,12-4-. The van der Waals surface area contributed by atoms with Gasteiger partial charge >= 0.3 is 0 Å². The van der Waals surface area contributed by atoms with Gasteiger partial charge in [0.1, 0.15) is 5.70 Å². The molecule has 0 saturated carbocycles. The Balaban J connectivity index is 3.00. The van der Waals surface area contributed by atoms with Gasteiger partial charge in [-0.3, -0.25) is 4.99 Å². The molecule has 1 heterocycles. The molecule has 0 bridgehead atoms. The molecular formula is C11H13NO. The van der Waals surface area contributed by atoms with Crippen molar-refractivity contribution in [2.75, 3.05) is 0 Å². The van der Waals surface area contributed by atoms with Crippen LogP contribution in [0.5, 0.6) is 0 Å². The van der Waals surface area contributed by atoms with Gasteiger partial charge in [-0.05, 0) is 32.1 Å². The molecule has 0 N–H and O–H groups in total. The molecule has 13 heavy (non-hydrogen) atoms. The van der Waals surface area contributed by atoms with Crippen molar-refractivity contribution in [3.05, 3.63) is 42.4 Å². The summed E-state index contributed by atoms with van der Waals surface area (Å²) in [6.45, 7) is 7.59. The van der Waals surface area contributed by atoms with Crippen LogP contribution in [0.4, 0.5) is 0 Å². The summed E-state index contributed by atoms with van der Waals surface area (Å²) >= 11 is 0. The third kappa shape index (κ3) is 2.75. The van der Waals surface area contributed by atoms with E-state index in [-0.39, 0.29) is 0 Å². The van der Waals surface area contributed by atoms with Gasteiger partial charge in [-0.25, -0.2) is 0 Å². The Morgan fingerprint density at radius 3 is 2.85 bits per heavy atom. The molecule has 0 spiro atoms. The maximum absolute atomic E-state index is 5.23. The van der Waals surface area contributed by atoms with E-state index in [4.69, 9.17) is 4.42 Å². The minimum Gasteiger partial charge on any atom is -0.463 e. The van der Waals surface area contributed by atoms with Crippen molar-refractivity contribution in [2.24, 2.45) is 4.99 Å². The molecule has 1 rings (SSSR count). The van der Waals surface area contributed by atoms with Crippen LogP contribution in [0.15, 0.2) is 46.0 Å². The third-order valence-electron chi connectivity index (χ3n) is 1.42. The summed E-state index contributed by atoms with van der Waals surface area (Å²) in [5, 5.41) is 0. The molecule has 0 radical (unpaired) electrons. The predicted octanol–water partition coefficient (Wildman–Crippen LogP) is 3.29. The highest BCUT2D eigenvalue weighted by Crippen LogP contribution is 2.17. The van der Waals surface area contributed by atoms with Crippen molar-refractivity contribution >= 4 is 11.9 Å². The highest BCUT2D eigenvalue weighted by Gasteiger charge is 2.00. The number of hydrogen-bond acceptors (Lipinski definition) is 2. The van der Waals surface area contributed by atoms with Gasteiger partial charge in [-0.2, -0.15) is 0 Å². The average Bonchev–Trinajstić information content (AvgIpc) is 2.54. The Morgan fingerprint density at radius 1 is 1.62 bits per heavy atom. The average molecular weight is 175 g/mol. The van der Waals surface area contributed by atoms with Gasteiger partial charge in [0.05, 0.1) is 6.26 Å². The smallest absolute Gasteiger partial charge is 0.152 e. The molecular weight excluding hydrogens is 162 g/mol. The normalized spacial score (nSPS) is 12.3. The van der Waals surface area contributed by atoms with Crippen molar-refractivity contribution in [2.45, 2.75) is 13.8 Å². The molecule has 0 aliphatic heterocycles. The second-order valence-electron chi connectivity index (χ2n) is 2.74. The van der Waals surface area contributed by atoms with Gasteiger partial charge in [0.2, 0.25) is 0 Å². The molecule has 1 aromatic heterocycles. The van der Waals surface area contributed by atoms with Gasteiger partial charge in [0.25, 0.3) is 0 Å². The summed E-state index contributed by atoms with van der Waals surface area (Å²) in [7, 11) is 0. The van der Waals surface area contributed by atoms with Gasteiger partial charge in [-0.1, -0.05) is 12.2 Å². The second kappa shape index (κ2) is 4.45. The monoisotopic (exact) mass is 175 g/mol. The molecule has 68 valence electrons. The highest BCUT2D eigenvalue weighted by atomic mass is 16.3. The molecule has 1 aromatic rings. The largest absolute Gasteiger partial charge is 0.463 e. The zero-order valence-electron chi connectivity index (χ0n) is 7.95. The van der Waals surface area contributed by atoms with Crippen molar-refractivity contribution in [3.63, 3.8) is 0 Å². The Bertz CT molecular complexity index is 331. The van der Waals surface area contributed by atoms with E-state index in [1.165, 1.54) is 0 Å². The van der Waals surface area contributed by atoms with E-state index in [0.717, 1.165) is 17.0 Å². The van der Waals surface area contributed by atoms with Crippen molar-refractivity contribution in [1.82, 2.24) is 0 Å². The van der Waals surface area contributed by atoms with E-state index < -0.39 is 0 Å². The van der Waals surface area contributed by atoms with E-state index in [1.807, 2.05) is 32.1 Å². The summed E-state index contributed by atoms with van der Waals surface area (Å²) < 4.78 is 5.23. The lowest BCUT2D eigenvalue weighted by Crippen LogP contribution is -1.78. The van der Waals surface area contributed by atoms with Crippen LogP contribution in [0.2, 0.25) is 0 Å². The van der Waals surface area contributed by atoms with Gasteiger partial charge in [0, 0.05) is 6.21 Å². The first kappa shape index (κ1) is 9.52. The Kier molecular flexibility index (Phi) is 3.26. The summed E-state index contributed by atoms with van der Waals surface area (Å²) in [5.74, 6) is 0.765. The summed E-state index contributed by atoms with van der Waals surface area (Å²) in [4.78, 5) is 4.19. The van der Waals surface area contributed by atoms with Gasteiger partial charge < -0.3 is 4.42 Å². The lowest BCUT2D eigenvalue weighted by atomic mass is 10.2. The van der Waals surface area contributed by atoms with Crippen LogP contribution < -0.4 is 0 Å². The van der Waals surface area contributed by atoms with Crippen LogP contribution >= 0.6 is 0 Å². The van der Waals surface area contributed by atoms with E-state index in [9.17, 15) is 0 Å². The van der Waals surface area contributed by atoms with Gasteiger partial charge in [0.15, 0.2) is 5.76 Å². The van der Waals surface area contributed by atoms with Crippen LogP contribution in [-0.4, -0.2) is 6.21 Å². The SMILES string of the molecule is C=C(C)/C=C(\N=C/C)c1ccco1. The fourth-order valence-corrected chi connectivity index (χ4v) is 0.969. The zero-order chi connectivity index (χ0) is 9.68. The number of furan rings is 1. The molecule has 0 saturated heterocycles. The van der Waals surface area contributed by atoms with E-state index in [2.05, 4.69) is 11.6 Å². The highest BCUT2D eigenvalue weighted by molar-refractivity contribution is 5.71. The fraction of sp³-hybridized carbons (Fsp3) is 0.182. The Morgan fingerprint density at radius 2 is 2.38 bits per heavy atom. The maximum atomic E-state index is 5.23. The van der Waals surface area contributed by atoms with Crippen molar-refractivity contribution in [1.29, 1.82) is 0 Å². The lowest BCUT2D eigenvalue weighted by molar-refractivity contribution is 0.552. The topological polar surface area (TPSA) is 25.5 Å². The van der Waals surface area contributed by atoms with Crippen LogP contribution in [0.25, 0.3) is 5.70 Å². The van der Waals surface area contributed by atoms with Crippen LogP contribution in [0.1, 0.15) is 19.6 Å². The maximum Gasteiger partial charge on any atom is 0.152 e. The number of nitrogens with zero attached hydrogens (tertiary/aromatic N) is 1. The first-order valence-electron chi connectivity index (χ1n) is 4.14. The Hall–Kier alpha value is -1.57. The second-order valence-corrected chi connectivity index (χ2v) is 2.74. The van der Waals surface area contributed by atoms with E-state index in [1.54, 1.807) is 12.5 Å². The minimum atomic E-state index is 0.765. The number of aliphatic imine (C=N–C) groups is 1. The molecule has 0 aliphatic rings. The van der Waals surface area contributed by atoms with Crippen molar-refractivity contribution < 1.29 is 4.42 Å². The summed E-state index contributed by atoms with van der Waals surface area (Å²) in [6, 6.07) is 3.72. The van der Waals surface area contributed by atoms with Crippen LogP contribution in [0.3, 0.4) is 0 Å². The predicted molar refractivity (Wildman–Crippen MR) is 55.7 cm³/mol. The fourth-order valence-electron chi connectivity index (χ4n) is 0.969. The minimum absolute atomic E-state index is 0.765. The first-order chi connectivity index (χ1) is 6.24. The zero-order valence-corrected chi connectivity index (χ0v) is 7.95. The lowest BCUT2D eigenvalue weighted by Gasteiger charge is -1.96. The molecule has 0 unspecified atom stereocenters. The Labute approximate surface area is 78.3 Å². The summed E-state index contributed by atoms with van der Waals surface area (Å²) in [6.07, 6.45) is 5.25. The molecule has 2 nitrogen and oxygen atoms in total. The number of hydrogen-bond donors (Lipinski definition) is 0. The van der Waals surface area contributed by atoms with Gasteiger partial charge in [-0.15, -0.1) is 0 Å². The van der Waals surface area contributed by atoms with Crippen LogP contribution in [0, 0.1) is 0 Å². The first-order valence-corrected chi connectivity index (χ1v) is 4.14. The third-order valence-corrected chi connectivity index (χ3v) is 1.42. The van der Waals surface area contributed by atoms with E-state index in [0.29, 0.717) is 0 Å². The number of allylic oxidation sites excluding steroid dienone is 2. The molecule has 0 aliphatic carbocycles. The quantitative estimate of drug-likeness (QED) is 0.511. The molecule has 0 aromatic carbocycles. The molecule has 0 atom stereocenters. The van der Waals surface area contributed by atoms with Crippen molar-refractivity contribution in [3.8, 4) is 0 Å². The summed E-state index contributed by atoms with van der Waals surface area (Å²) in [5.41, 5.74) is 1.76. The van der Waals surface area contributed by atoms with Crippen LogP contribution in [-0.2, 0) is 0 Å². The molecule has 2 heteroatoms. The number of rotatable bonds is 3.